The fraction of sp³-hybridized carbons (Fsp3) is 0.643. The Morgan fingerprint density at radius 3 is 2.44 bits per heavy atom. The molecule has 0 aromatic carbocycles. The molecule has 0 aliphatic rings. The third kappa shape index (κ3) is 4.75. The van der Waals surface area contributed by atoms with E-state index in [-0.39, 0.29) is 0 Å². The largest absolute Gasteiger partial charge is 0.379 e. The van der Waals surface area contributed by atoms with Crippen molar-refractivity contribution >= 4 is 0 Å². The maximum atomic E-state index is 5.50. The van der Waals surface area contributed by atoms with Crippen LogP contribution in [0.2, 0.25) is 0 Å². The molecule has 16 heavy (non-hydrogen) atoms. The first kappa shape index (κ1) is 13.2. The molecule has 2 heteroatoms. The fourth-order valence-electron chi connectivity index (χ4n) is 1.50. The van der Waals surface area contributed by atoms with Gasteiger partial charge in [-0.3, -0.25) is 4.98 Å². The zero-order valence-electron chi connectivity index (χ0n) is 10.9. The van der Waals surface area contributed by atoms with Gasteiger partial charge in [0.2, 0.25) is 0 Å². The van der Waals surface area contributed by atoms with Crippen LogP contribution in [0.3, 0.4) is 0 Å². The van der Waals surface area contributed by atoms with E-state index < -0.39 is 0 Å². The van der Waals surface area contributed by atoms with Gasteiger partial charge >= 0.3 is 0 Å². The summed E-state index contributed by atoms with van der Waals surface area (Å²) in [5, 5.41) is 0. The summed E-state index contributed by atoms with van der Waals surface area (Å²) in [5.41, 5.74) is 2.47. The van der Waals surface area contributed by atoms with Gasteiger partial charge in [-0.15, -0.1) is 0 Å². The first-order chi connectivity index (χ1) is 7.59. The second kappa shape index (κ2) is 6.64. The van der Waals surface area contributed by atoms with E-state index in [0.29, 0.717) is 12.0 Å². The number of hydrogen-bond donors (Lipinski definition) is 0. The summed E-state index contributed by atoms with van der Waals surface area (Å²) in [7, 11) is 0. The van der Waals surface area contributed by atoms with Gasteiger partial charge in [-0.2, -0.15) is 0 Å². The number of hydrogen-bond acceptors (Lipinski definition) is 2. The van der Waals surface area contributed by atoms with Crippen LogP contribution in [0.5, 0.6) is 0 Å². The SMILES string of the molecule is CC(C)OCCCc1ccc(C(C)C)cn1. The fourth-order valence-corrected chi connectivity index (χ4v) is 1.50. The Hall–Kier alpha value is -0.890. The van der Waals surface area contributed by atoms with Gasteiger partial charge in [0.25, 0.3) is 0 Å². The van der Waals surface area contributed by atoms with Crippen LogP contribution in [-0.4, -0.2) is 17.7 Å². The van der Waals surface area contributed by atoms with E-state index in [1.54, 1.807) is 0 Å². The number of rotatable bonds is 6. The average Bonchev–Trinajstić information content (AvgIpc) is 2.25. The summed E-state index contributed by atoms with van der Waals surface area (Å²) in [4.78, 5) is 4.46. The number of aromatic nitrogens is 1. The molecule has 1 heterocycles. The molecular weight excluding hydrogens is 198 g/mol. The average molecular weight is 221 g/mol. The molecule has 0 aliphatic carbocycles. The lowest BCUT2D eigenvalue weighted by molar-refractivity contribution is 0.0770. The van der Waals surface area contributed by atoms with E-state index in [2.05, 4.69) is 44.8 Å². The quantitative estimate of drug-likeness (QED) is 0.685. The molecule has 0 atom stereocenters. The monoisotopic (exact) mass is 221 g/mol. The van der Waals surface area contributed by atoms with Crippen molar-refractivity contribution in [2.75, 3.05) is 6.61 Å². The molecule has 0 bridgehead atoms. The molecule has 0 saturated carbocycles. The lowest BCUT2D eigenvalue weighted by Crippen LogP contribution is -2.05. The van der Waals surface area contributed by atoms with Crippen molar-refractivity contribution in [2.45, 2.75) is 52.6 Å². The van der Waals surface area contributed by atoms with Crippen LogP contribution in [0.4, 0.5) is 0 Å². The van der Waals surface area contributed by atoms with E-state index in [1.807, 2.05) is 6.20 Å². The van der Waals surface area contributed by atoms with Crippen molar-refractivity contribution in [3.63, 3.8) is 0 Å². The Labute approximate surface area is 99.0 Å². The first-order valence-corrected chi connectivity index (χ1v) is 6.16. The minimum Gasteiger partial charge on any atom is -0.379 e. The highest BCUT2D eigenvalue weighted by Gasteiger charge is 2.00. The van der Waals surface area contributed by atoms with Crippen molar-refractivity contribution in [1.82, 2.24) is 4.98 Å². The van der Waals surface area contributed by atoms with E-state index in [4.69, 9.17) is 4.74 Å². The second-order valence-corrected chi connectivity index (χ2v) is 4.76. The molecule has 0 radical (unpaired) electrons. The summed E-state index contributed by atoms with van der Waals surface area (Å²) >= 11 is 0. The third-order valence-electron chi connectivity index (χ3n) is 2.54. The Morgan fingerprint density at radius 1 is 1.19 bits per heavy atom. The third-order valence-corrected chi connectivity index (χ3v) is 2.54. The molecule has 1 aromatic heterocycles. The van der Waals surface area contributed by atoms with E-state index in [1.165, 1.54) is 5.56 Å². The van der Waals surface area contributed by atoms with E-state index in [0.717, 1.165) is 25.1 Å². The lowest BCUT2D eigenvalue weighted by Gasteiger charge is -2.08. The van der Waals surface area contributed by atoms with Gasteiger partial charge in [-0.1, -0.05) is 19.9 Å². The molecule has 0 amide bonds. The van der Waals surface area contributed by atoms with Crippen LogP contribution in [-0.2, 0) is 11.2 Å². The smallest absolute Gasteiger partial charge is 0.0518 e. The highest BCUT2D eigenvalue weighted by Crippen LogP contribution is 2.13. The summed E-state index contributed by atoms with van der Waals surface area (Å²) in [6, 6.07) is 4.31. The van der Waals surface area contributed by atoms with Gasteiger partial charge in [0.15, 0.2) is 0 Å². The van der Waals surface area contributed by atoms with E-state index >= 15 is 0 Å². The summed E-state index contributed by atoms with van der Waals surface area (Å²) in [6.45, 7) is 9.33. The van der Waals surface area contributed by atoms with Gasteiger partial charge in [-0.05, 0) is 44.2 Å². The van der Waals surface area contributed by atoms with Crippen LogP contribution < -0.4 is 0 Å². The maximum absolute atomic E-state index is 5.50. The van der Waals surface area contributed by atoms with Crippen LogP contribution >= 0.6 is 0 Å². The van der Waals surface area contributed by atoms with Crippen molar-refractivity contribution < 1.29 is 4.74 Å². The summed E-state index contributed by atoms with van der Waals surface area (Å²) in [6.07, 6.45) is 4.37. The minimum absolute atomic E-state index is 0.330. The molecule has 2 nitrogen and oxygen atoms in total. The van der Waals surface area contributed by atoms with Gasteiger partial charge in [0, 0.05) is 18.5 Å². The Balaban J connectivity index is 2.32. The minimum atomic E-state index is 0.330. The first-order valence-electron chi connectivity index (χ1n) is 6.16. The van der Waals surface area contributed by atoms with Crippen molar-refractivity contribution in [3.05, 3.63) is 29.6 Å². The Kier molecular flexibility index (Phi) is 5.47. The number of aryl methyl sites for hydroxylation is 1. The predicted molar refractivity (Wildman–Crippen MR) is 67.7 cm³/mol. The lowest BCUT2D eigenvalue weighted by atomic mass is 10.1. The number of nitrogens with zero attached hydrogens (tertiary/aromatic N) is 1. The zero-order chi connectivity index (χ0) is 12.0. The molecule has 90 valence electrons. The highest BCUT2D eigenvalue weighted by molar-refractivity contribution is 5.17. The summed E-state index contributed by atoms with van der Waals surface area (Å²) in [5.74, 6) is 0.561. The molecular formula is C14H23NO. The highest BCUT2D eigenvalue weighted by atomic mass is 16.5. The van der Waals surface area contributed by atoms with Crippen molar-refractivity contribution in [1.29, 1.82) is 0 Å². The molecule has 0 N–H and O–H groups in total. The molecule has 0 fully saturated rings. The van der Waals surface area contributed by atoms with Gasteiger partial charge < -0.3 is 4.74 Å². The molecule has 0 aliphatic heterocycles. The van der Waals surface area contributed by atoms with Crippen LogP contribution in [0.15, 0.2) is 18.3 Å². The Bertz CT molecular complexity index is 290. The number of pyridine rings is 1. The van der Waals surface area contributed by atoms with Crippen LogP contribution in [0.1, 0.15) is 51.3 Å². The molecule has 0 spiro atoms. The molecule has 1 aromatic rings. The zero-order valence-corrected chi connectivity index (χ0v) is 10.9. The van der Waals surface area contributed by atoms with Crippen molar-refractivity contribution in [3.8, 4) is 0 Å². The van der Waals surface area contributed by atoms with Gasteiger partial charge in [0.1, 0.15) is 0 Å². The number of ether oxygens (including phenoxy) is 1. The van der Waals surface area contributed by atoms with Crippen LogP contribution in [0, 0.1) is 0 Å². The Morgan fingerprint density at radius 2 is 1.94 bits per heavy atom. The summed E-state index contributed by atoms with van der Waals surface area (Å²) < 4.78 is 5.50. The molecule has 0 saturated heterocycles. The molecule has 1 rings (SSSR count). The maximum Gasteiger partial charge on any atom is 0.0518 e. The van der Waals surface area contributed by atoms with E-state index in [9.17, 15) is 0 Å². The molecule has 0 unspecified atom stereocenters. The topological polar surface area (TPSA) is 22.1 Å². The van der Waals surface area contributed by atoms with Crippen LogP contribution in [0.25, 0.3) is 0 Å². The van der Waals surface area contributed by atoms with Crippen molar-refractivity contribution in [2.24, 2.45) is 0 Å². The van der Waals surface area contributed by atoms with Gasteiger partial charge in [-0.25, -0.2) is 0 Å². The normalized spacial score (nSPS) is 11.4. The second-order valence-electron chi connectivity index (χ2n) is 4.76. The predicted octanol–water partition coefficient (Wildman–Crippen LogP) is 3.56. The van der Waals surface area contributed by atoms with Gasteiger partial charge in [0.05, 0.1) is 6.10 Å². The standard InChI is InChI=1S/C14H23NO/c1-11(2)13-7-8-14(15-10-13)6-5-9-16-12(3)4/h7-8,10-12H,5-6,9H2,1-4H3.